The van der Waals surface area contributed by atoms with Gasteiger partial charge in [-0.15, -0.1) is 0 Å². The number of hydrogen-bond donors (Lipinski definition) is 3. The Balaban J connectivity index is 2.23. The summed E-state index contributed by atoms with van der Waals surface area (Å²) in [6, 6.07) is 0. The Morgan fingerprint density at radius 2 is 2.05 bits per heavy atom. The smallest absolute Gasteiger partial charge is 0.227 e. The third-order valence-electron chi connectivity index (χ3n) is 2.96. The lowest BCUT2D eigenvalue weighted by Crippen LogP contribution is -2.28. The first-order valence-electron chi connectivity index (χ1n) is 5.57. The molecule has 1 amide bonds. The summed E-state index contributed by atoms with van der Waals surface area (Å²) in [6.45, 7) is 0.241. The molecule has 0 aromatic carbocycles. The molecule has 0 bridgehead atoms. The van der Waals surface area contributed by atoms with Crippen molar-refractivity contribution in [1.29, 1.82) is 0 Å². The maximum Gasteiger partial charge on any atom is 0.227 e. The number of carbonyl (C=O) groups is 1. The normalized spacial score (nSPS) is 19.9. The molecule has 1 unspecified atom stereocenters. The van der Waals surface area contributed by atoms with Gasteiger partial charge in [-0.1, -0.05) is 0 Å². The molecule has 9 heteroatoms. The average Bonchev–Trinajstić information content (AvgIpc) is 2.61. The highest BCUT2D eigenvalue weighted by Crippen LogP contribution is 2.32. The summed E-state index contributed by atoms with van der Waals surface area (Å²) in [7, 11) is -3.61. The number of anilines is 3. The van der Waals surface area contributed by atoms with Gasteiger partial charge in [0, 0.05) is 18.9 Å². The number of primary sulfonamides is 1. The number of amides is 1. The standard InChI is InChI=1S/C10H15N5O3S/c11-7-2-14-3-8(10(7)12)15-4-6(1-9(15)16)5-19(13,17)18/h2-3,6H,1,4-5,11H2,(H2,12,14)(H2,13,17,18). The molecule has 1 saturated heterocycles. The van der Waals surface area contributed by atoms with E-state index in [2.05, 4.69) is 4.98 Å². The van der Waals surface area contributed by atoms with Crippen molar-refractivity contribution in [3.63, 3.8) is 0 Å². The van der Waals surface area contributed by atoms with Crippen molar-refractivity contribution in [3.05, 3.63) is 12.4 Å². The summed E-state index contributed by atoms with van der Waals surface area (Å²) in [5.74, 6) is -0.790. The number of nitrogens with zero attached hydrogens (tertiary/aromatic N) is 2. The van der Waals surface area contributed by atoms with E-state index in [1.165, 1.54) is 17.3 Å². The van der Waals surface area contributed by atoms with Crippen molar-refractivity contribution in [2.24, 2.45) is 11.1 Å². The van der Waals surface area contributed by atoms with Crippen LogP contribution in [0.4, 0.5) is 17.1 Å². The van der Waals surface area contributed by atoms with Crippen LogP contribution in [0.25, 0.3) is 0 Å². The Bertz CT molecular complexity index is 616. The second-order valence-electron chi connectivity index (χ2n) is 4.57. The Kier molecular flexibility index (Phi) is 3.33. The topological polar surface area (TPSA) is 145 Å². The largest absolute Gasteiger partial charge is 0.396 e. The van der Waals surface area contributed by atoms with E-state index < -0.39 is 10.0 Å². The molecule has 0 aliphatic carbocycles. The molecule has 1 aliphatic rings. The predicted octanol–water partition coefficient (Wildman–Crippen LogP) is -1.11. The van der Waals surface area contributed by atoms with Gasteiger partial charge in [0.1, 0.15) is 0 Å². The van der Waals surface area contributed by atoms with Gasteiger partial charge in [0.05, 0.1) is 35.2 Å². The summed E-state index contributed by atoms with van der Waals surface area (Å²) in [4.78, 5) is 17.2. The molecular formula is C10H15N5O3S. The minimum absolute atomic E-state index is 0.116. The summed E-state index contributed by atoms with van der Waals surface area (Å²) >= 11 is 0. The van der Waals surface area contributed by atoms with Crippen LogP contribution in [-0.2, 0) is 14.8 Å². The molecular weight excluding hydrogens is 270 g/mol. The summed E-state index contributed by atoms with van der Waals surface area (Å²) in [5, 5.41) is 4.98. The van der Waals surface area contributed by atoms with E-state index in [1.807, 2.05) is 0 Å². The molecule has 1 aliphatic heterocycles. The first-order chi connectivity index (χ1) is 8.78. The van der Waals surface area contributed by atoms with Crippen molar-refractivity contribution < 1.29 is 13.2 Å². The van der Waals surface area contributed by atoms with Crippen LogP contribution in [0.15, 0.2) is 12.4 Å². The van der Waals surface area contributed by atoms with Gasteiger partial charge in [0.15, 0.2) is 0 Å². The van der Waals surface area contributed by atoms with Gasteiger partial charge in [-0.3, -0.25) is 9.78 Å². The van der Waals surface area contributed by atoms with Crippen LogP contribution in [0.5, 0.6) is 0 Å². The minimum Gasteiger partial charge on any atom is -0.396 e. The molecule has 8 nitrogen and oxygen atoms in total. The maximum absolute atomic E-state index is 11.9. The second-order valence-corrected chi connectivity index (χ2v) is 6.22. The predicted molar refractivity (Wildman–Crippen MR) is 71.5 cm³/mol. The summed E-state index contributed by atoms with van der Waals surface area (Å²) in [6.07, 6.45) is 2.94. The first kappa shape index (κ1) is 13.6. The fourth-order valence-corrected chi connectivity index (χ4v) is 3.03. The molecule has 2 heterocycles. The van der Waals surface area contributed by atoms with Gasteiger partial charge in [-0.25, -0.2) is 13.6 Å². The molecule has 0 spiro atoms. The highest BCUT2D eigenvalue weighted by Gasteiger charge is 2.34. The lowest BCUT2D eigenvalue weighted by atomic mass is 10.1. The van der Waals surface area contributed by atoms with Crippen molar-refractivity contribution in [2.45, 2.75) is 6.42 Å². The molecule has 2 rings (SSSR count). The zero-order chi connectivity index (χ0) is 14.2. The minimum atomic E-state index is -3.61. The van der Waals surface area contributed by atoms with Crippen LogP contribution in [0.3, 0.4) is 0 Å². The number of nitrogens with two attached hydrogens (primary N) is 3. The number of rotatable bonds is 3. The molecule has 6 N–H and O–H groups in total. The fourth-order valence-electron chi connectivity index (χ4n) is 2.14. The van der Waals surface area contributed by atoms with E-state index in [1.54, 1.807) is 0 Å². The van der Waals surface area contributed by atoms with Crippen LogP contribution >= 0.6 is 0 Å². The van der Waals surface area contributed by atoms with Crippen molar-refractivity contribution in [1.82, 2.24) is 4.98 Å². The molecule has 1 fully saturated rings. The lowest BCUT2D eigenvalue weighted by Gasteiger charge is -2.18. The number of nitrogen functional groups attached to an aromatic ring is 2. The Morgan fingerprint density at radius 1 is 1.37 bits per heavy atom. The monoisotopic (exact) mass is 285 g/mol. The quantitative estimate of drug-likeness (QED) is 0.641. The van der Waals surface area contributed by atoms with E-state index in [0.717, 1.165) is 0 Å². The van der Waals surface area contributed by atoms with Gasteiger partial charge in [-0.2, -0.15) is 0 Å². The van der Waals surface area contributed by atoms with Gasteiger partial charge in [0.25, 0.3) is 0 Å². The van der Waals surface area contributed by atoms with Crippen LogP contribution in [0, 0.1) is 5.92 Å². The number of aromatic nitrogens is 1. The van der Waals surface area contributed by atoms with Gasteiger partial charge >= 0.3 is 0 Å². The highest BCUT2D eigenvalue weighted by atomic mass is 32.2. The SMILES string of the molecule is Nc1cncc(N2CC(CS(N)(=O)=O)CC2=O)c1N. The first-order valence-corrected chi connectivity index (χ1v) is 7.29. The molecule has 1 aromatic heterocycles. The van der Waals surface area contributed by atoms with Crippen LogP contribution in [0.2, 0.25) is 0 Å². The van der Waals surface area contributed by atoms with Gasteiger partial charge in [0.2, 0.25) is 15.9 Å². The van der Waals surface area contributed by atoms with Crippen molar-refractivity contribution in [3.8, 4) is 0 Å². The number of carbonyl (C=O) groups excluding carboxylic acids is 1. The third kappa shape index (κ3) is 2.93. The zero-order valence-corrected chi connectivity index (χ0v) is 10.9. The van der Waals surface area contributed by atoms with Crippen LogP contribution < -0.4 is 21.5 Å². The molecule has 19 heavy (non-hydrogen) atoms. The summed E-state index contributed by atoms with van der Waals surface area (Å²) < 4.78 is 22.1. The van der Waals surface area contributed by atoms with Crippen molar-refractivity contribution >= 4 is 33.0 Å². The van der Waals surface area contributed by atoms with Crippen LogP contribution in [-0.4, -0.2) is 31.6 Å². The molecule has 1 atom stereocenters. The maximum atomic E-state index is 11.9. The Labute approximate surface area is 110 Å². The van der Waals surface area contributed by atoms with E-state index in [9.17, 15) is 13.2 Å². The van der Waals surface area contributed by atoms with E-state index in [0.29, 0.717) is 5.69 Å². The van der Waals surface area contributed by atoms with Crippen molar-refractivity contribution in [2.75, 3.05) is 28.7 Å². The Hall–Kier alpha value is -1.87. The number of sulfonamides is 1. The number of pyridine rings is 1. The van der Waals surface area contributed by atoms with E-state index >= 15 is 0 Å². The highest BCUT2D eigenvalue weighted by molar-refractivity contribution is 7.89. The molecule has 104 valence electrons. The average molecular weight is 285 g/mol. The Morgan fingerprint density at radius 3 is 2.68 bits per heavy atom. The van der Waals surface area contributed by atoms with E-state index in [-0.39, 0.29) is 41.9 Å². The molecule has 0 radical (unpaired) electrons. The second kappa shape index (κ2) is 4.67. The van der Waals surface area contributed by atoms with E-state index in [4.69, 9.17) is 16.6 Å². The molecule has 1 aromatic rings. The van der Waals surface area contributed by atoms with Gasteiger partial charge < -0.3 is 16.4 Å². The lowest BCUT2D eigenvalue weighted by molar-refractivity contribution is -0.117. The number of hydrogen-bond acceptors (Lipinski definition) is 6. The zero-order valence-electron chi connectivity index (χ0n) is 10.1. The molecule has 0 saturated carbocycles. The third-order valence-corrected chi connectivity index (χ3v) is 3.90. The van der Waals surface area contributed by atoms with Crippen LogP contribution in [0.1, 0.15) is 6.42 Å². The fraction of sp³-hybridized carbons (Fsp3) is 0.400. The summed E-state index contributed by atoms with van der Waals surface area (Å²) in [5.41, 5.74) is 12.4. The van der Waals surface area contributed by atoms with Gasteiger partial charge in [-0.05, 0) is 0 Å².